The molecule has 0 bridgehead atoms. The third kappa shape index (κ3) is 17.8. The molecular weight excluding hydrogens is 334 g/mol. The molecule has 148 valence electrons. The van der Waals surface area contributed by atoms with Gasteiger partial charge < -0.3 is 4.90 Å². The van der Waals surface area contributed by atoms with E-state index >= 15 is 0 Å². The molecule has 0 unspecified atom stereocenters. The number of allylic oxidation sites excluding steroid dienone is 2. The second-order valence-corrected chi connectivity index (χ2v) is 9.33. The van der Waals surface area contributed by atoms with Crippen LogP contribution in [0.4, 0.5) is 0 Å². The maximum atomic E-state index is 11.9. The van der Waals surface area contributed by atoms with Crippen molar-refractivity contribution in [1.82, 2.24) is 4.90 Å². The van der Waals surface area contributed by atoms with Gasteiger partial charge in [0.25, 0.3) is 0 Å². The van der Waals surface area contributed by atoms with Crippen LogP contribution in [0.15, 0.2) is 12.2 Å². The fourth-order valence-corrected chi connectivity index (χ4v) is 3.22. The van der Waals surface area contributed by atoms with Crippen molar-refractivity contribution >= 4 is 15.7 Å². The van der Waals surface area contributed by atoms with E-state index in [9.17, 15) is 13.2 Å². The Morgan fingerprint density at radius 1 is 0.880 bits per heavy atom. The van der Waals surface area contributed by atoms with Crippen molar-refractivity contribution in [3.05, 3.63) is 12.2 Å². The molecule has 0 heterocycles. The molecule has 0 saturated heterocycles. The predicted octanol–water partition coefficient (Wildman–Crippen LogP) is 4.75. The molecule has 0 fully saturated rings. The molecule has 0 aromatic heterocycles. The molecule has 0 spiro atoms. The summed E-state index contributed by atoms with van der Waals surface area (Å²) in [6.07, 6.45) is 19.7. The van der Waals surface area contributed by atoms with Crippen molar-refractivity contribution in [3.63, 3.8) is 0 Å². The number of rotatable bonds is 16. The number of carbonyl (C=O) groups excluding carboxylic acids is 1. The van der Waals surface area contributed by atoms with Crippen LogP contribution < -0.4 is 0 Å². The highest BCUT2D eigenvalue weighted by Gasteiger charge is 2.11. The number of hydrogen-bond acceptors (Lipinski definition) is 3. The van der Waals surface area contributed by atoms with Gasteiger partial charge in [0.05, 0.1) is 5.75 Å². The highest BCUT2D eigenvalue weighted by Crippen LogP contribution is 2.09. The lowest BCUT2D eigenvalue weighted by atomic mass is 10.1. The Bertz CT molecular complexity index is 458. The van der Waals surface area contributed by atoms with Crippen molar-refractivity contribution in [2.75, 3.05) is 25.6 Å². The number of amides is 1. The Balaban J connectivity index is 3.45. The van der Waals surface area contributed by atoms with Crippen LogP contribution in [-0.2, 0) is 14.6 Å². The molecule has 0 aromatic carbocycles. The van der Waals surface area contributed by atoms with Crippen molar-refractivity contribution in [1.29, 1.82) is 0 Å². The highest BCUT2D eigenvalue weighted by molar-refractivity contribution is 7.90. The molecule has 0 rings (SSSR count). The zero-order valence-corrected chi connectivity index (χ0v) is 17.5. The third-order valence-corrected chi connectivity index (χ3v) is 5.30. The first kappa shape index (κ1) is 24.2. The molecule has 25 heavy (non-hydrogen) atoms. The number of carbonyl (C=O) groups is 1. The number of unbranched alkanes of at least 4 members (excludes halogenated alkanes) is 9. The van der Waals surface area contributed by atoms with Gasteiger partial charge >= 0.3 is 0 Å². The monoisotopic (exact) mass is 373 g/mol. The average molecular weight is 374 g/mol. The molecule has 0 N–H and O–H groups in total. The maximum absolute atomic E-state index is 11.9. The van der Waals surface area contributed by atoms with E-state index < -0.39 is 9.84 Å². The SMILES string of the molecule is CCCCCC/C=C\CCCCCCCC(=O)N(C)CCS(C)(=O)=O. The van der Waals surface area contributed by atoms with E-state index in [2.05, 4.69) is 19.1 Å². The van der Waals surface area contributed by atoms with Crippen molar-refractivity contribution < 1.29 is 13.2 Å². The lowest BCUT2D eigenvalue weighted by molar-refractivity contribution is -0.129. The molecule has 4 nitrogen and oxygen atoms in total. The first-order valence-electron chi connectivity index (χ1n) is 9.93. The van der Waals surface area contributed by atoms with Gasteiger partial charge in [-0.3, -0.25) is 4.79 Å². The Morgan fingerprint density at radius 3 is 1.96 bits per heavy atom. The first-order chi connectivity index (χ1) is 11.9. The van der Waals surface area contributed by atoms with Gasteiger partial charge in [-0.15, -0.1) is 0 Å². The maximum Gasteiger partial charge on any atom is 0.222 e. The van der Waals surface area contributed by atoms with Crippen LogP contribution in [0.5, 0.6) is 0 Å². The van der Waals surface area contributed by atoms with Crippen molar-refractivity contribution in [2.45, 2.75) is 84.0 Å². The zero-order valence-electron chi connectivity index (χ0n) is 16.6. The molecule has 0 radical (unpaired) electrons. The molecule has 0 saturated carbocycles. The van der Waals surface area contributed by atoms with E-state index in [0.29, 0.717) is 13.0 Å². The van der Waals surface area contributed by atoms with E-state index in [-0.39, 0.29) is 11.7 Å². The Hall–Kier alpha value is -0.840. The zero-order chi connectivity index (χ0) is 19.0. The van der Waals surface area contributed by atoms with Crippen LogP contribution in [0.3, 0.4) is 0 Å². The molecular formula is C20H39NO3S. The quantitative estimate of drug-likeness (QED) is 0.290. The van der Waals surface area contributed by atoms with E-state index in [1.807, 2.05) is 0 Å². The molecule has 0 aliphatic rings. The van der Waals surface area contributed by atoms with Crippen LogP contribution in [0, 0.1) is 0 Å². The summed E-state index contributed by atoms with van der Waals surface area (Å²) in [5.41, 5.74) is 0. The van der Waals surface area contributed by atoms with Gasteiger partial charge in [-0.2, -0.15) is 0 Å². The normalized spacial score (nSPS) is 12.0. The predicted molar refractivity (Wildman–Crippen MR) is 108 cm³/mol. The number of hydrogen-bond donors (Lipinski definition) is 0. The summed E-state index contributed by atoms with van der Waals surface area (Å²) in [5, 5.41) is 0. The van der Waals surface area contributed by atoms with Crippen LogP contribution in [-0.4, -0.2) is 44.8 Å². The largest absolute Gasteiger partial charge is 0.345 e. The topological polar surface area (TPSA) is 54.5 Å². The second kappa shape index (κ2) is 15.4. The standard InChI is InChI=1S/C20H39NO3S/c1-4-5-6-7-8-9-10-11-12-13-14-15-16-17-20(22)21(2)18-19-25(3,23)24/h9-10H,4-8,11-19H2,1-3H3/b10-9-. The molecule has 0 aliphatic heterocycles. The van der Waals surface area contributed by atoms with E-state index in [0.717, 1.165) is 12.8 Å². The molecule has 0 atom stereocenters. The smallest absolute Gasteiger partial charge is 0.222 e. The van der Waals surface area contributed by atoms with E-state index in [4.69, 9.17) is 0 Å². The number of nitrogens with zero attached hydrogens (tertiary/aromatic N) is 1. The number of sulfone groups is 1. The minimum atomic E-state index is -3.00. The molecule has 1 amide bonds. The van der Waals surface area contributed by atoms with Crippen molar-refractivity contribution in [3.8, 4) is 0 Å². The van der Waals surface area contributed by atoms with Gasteiger partial charge in [0.1, 0.15) is 9.84 Å². The summed E-state index contributed by atoms with van der Waals surface area (Å²) >= 11 is 0. The Labute approximate surface area is 156 Å². The van der Waals surface area contributed by atoms with Gasteiger partial charge in [-0.05, 0) is 32.1 Å². The van der Waals surface area contributed by atoms with Gasteiger partial charge in [-0.25, -0.2) is 8.42 Å². The fourth-order valence-electron chi connectivity index (χ4n) is 2.61. The third-order valence-electron chi connectivity index (χ3n) is 4.38. The Morgan fingerprint density at radius 2 is 1.40 bits per heavy atom. The average Bonchev–Trinajstić information content (AvgIpc) is 2.56. The summed E-state index contributed by atoms with van der Waals surface area (Å²) < 4.78 is 22.2. The summed E-state index contributed by atoms with van der Waals surface area (Å²) in [4.78, 5) is 13.4. The van der Waals surface area contributed by atoms with Crippen LogP contribution >= 0.6 is 0 Å². The van der Waals surface area contributed by atoms with Crippen LogP contribution in [0.1, 0.15) is 84.0 Å². The van der Waals surface area contributed by atoms with Gasteiger partial charge in [0.15, 0.2) is 0 Å². The fraction of sp³-hybridized carbons (Fsp3) is 0.850. The van der Waals surface area contributed by atoms with Gasteiger partial charge in [0, 0.05) is 26.3 Å². The minimum Gasteiger partial charge on any atom is -0.345 e. The highest BCUT2D eigenvalue weighted by atomic mass is 32.2. The molecule has 0 aromatic rings. The second-order valence-electron chi connectivity index (χ2n) is 7.07. The summed E-state index contributed by atoms with van der Waals surface area (Å²) in [6, 6.07) is 0. The van der Waals surface area contributed by atoms with E-state index in [1.165, 1.54) is 68.9 Å². The van der Waals surface area contributed by atoms with Gasteiger partial charge in [-0.1, -0.05) is 57.6 Å². The molecule has 5 heteroatoms. The van der Waals surface area contributed by atoms with Crippen LogP contribution in [0.25, 0.3) is 0 Å². The van der Waals surface area contributed by atoms with Crippen molar-refractivity contribution in [2.24, 2.45) is 0 Å². The minimum absolute atomic E-state index is 0.0430. The lowest BCUT2D eigenvalue weighted by Gasteiger charge is -2.16. The summed E-state index contributed by atoms with van der Waals surface area (Å²) in [5.74, 6) is 0.0936. The first-order valence-corrected chi connectivity index (χ1v) is 12.0. The summed E-state index contributed by atoms with van der Waals surface area (Å²) in [7, 11) is -1.32. The summed E-state index contributed by atoms with van der Waals surface area (Å²) in [6.45, 7) is 2.53. The van der Waals surface area contributed by atoms with Gasteiger partial charge in [0.2, 0.25) is 5.91 Å². The Kier molecular flexibility index (Phi) is 14.9. The lowest BCUT2D eigenvalue weighted by Crippen LogP contribution is -2.31. The van der Waals surface area contributed by atoms with E-state index in [1.54, 1.807) is 7.05 Å². The van der Waals surface area contributed by atoms with Crippen LogP contribution in [0.2, 0.25) is 0 Å². The molecule has 0 aliphatic carbocycles.